The lowest BCUT2D eigenvalue weighted by Crippen LogP contribution is -2.06. The summed E-state index contributed by atoms with van der Waals surface area (Å²) in [4.78, 5) is 7.74. The molecule has 0 rings (SSSR count). The molecule has 0 saturated heterocycles. The normalized spacial score (nSPS) is 12.9. The Balaban J connectivity index is 4.54. The van der Waals surface area contributed by atoms with E-state index in [-0.39, 0.29) is 11.3 Å². The van der Waals surface area contributed by atoms with Crippen molar-refractivity contribution in [3.8, 4) is 0 Å². The second kappa shape index (κ2) is 7.83. The van der Waals surface area contributed by atoms with Crippen molar-refractivity contribution in [2.45, 2.75) is 20.3 Å². The first kappa shape index (κ1) is 13.5. The smallest absolute Gasteiger partial charge is 0.219 e. The van der Waals surface area contributed by atoms with Gasteiger partial charge in [0.25, 0.3) is 0 Å². The van der Waals surface area contributed by atoms with E-state index < -0.39 is 0 Å². The Morgan fingerprint density at radius 3 is 2.50 bits per heavy atom. The summed E-state index contributed by atoms with van der Waals surface area (Å²) in [6, 6.07) is 0.0977. The third kappa shape index (κ3) is 5.25. The van der Waals surface area contributed by atoms with Crippen LogP contribution < -0.4 is 0 Å². The Kier molecular flexibility index (Phi) is 7.52. The molecule has 0 heterocycles. The summed E-state index contributed by atoms with van der Waals surface area (Å²) < 4.78 is 5.20. The minimum absolute atomic E-state index is 0.0977. The van der Waals surface area contributed by atoms with Crippen molar-refractivity contribution in [3.05, 3.63) is 12.3 Å². The van der Waals surface area contributed by atoms with Crippen LogP contribution in [-0.4, -0.2) is 23.6 Å². The van der Waals surface area contributed by atoms with Crippen molar-refractivity contribution in [1.82, 2.24) is 0 Å². The van der Waals surface area contributed by atoms with Crippen LogP contribution in [0.4, 0.5) is 0 Å². The molecule has 0 aromatic heterocycles. The van der Waals surface area contributed by atoms with Crippen LogP contribution >= 0.6 is 23.2 Å². The molecule has 0 unspecified atom stereocenters. The van der Waals surface area contributed by atoms with E-state index in [2.05, 4.69) is 16.6 Å². The van der Waals surface area contributed by atoms with Crippen molar-refractivity contribution < 1.29 is 4.74 Å². The number of rotatable bonds is 5. The summed E-state index contributed by atoms with van der Waals surface area (Å²) in [6.07, 6.45) is 0.687. The highest BCUT2D eigenvalue weighted by Crippen LogP contribution is 2.04. The Bertz CT molecular complexity index is 249. The zero-order valence-electron chi connectivity index (χ0n) is 8.39. The molecular formula is C9H14Cl2N2O. The maximum atomic E-state index is 5.68. The number of hydrogen-bond donors (Lipinski definition) is 0. The van der Waals surface area contributed by atoms with Crippen LogP contribution in [0.25, 0.3) is 0 Å². The largest absolute Gasteiger partial charge is 0.493 e. The van der Waals surface area contributed by atoms with Crippen LogP contribution in [0.5, 0.6) is 0 Å². The summed E-state index contributed by atoms with van der Waals surface area (Å²) in [6.45, 7) is 8.11. The molecule has 0 radical (unpaired) electrons. The molecule has 0 aromatic carbocycles. The highest BCUT2D eigenvalue weighted by Gasteiger charge is 2.03. The first-order chi connectivity index (χ1) is 6.65. The Morgan fingerprint density at radius 2 is 2.07 bits per heavy atom. The van der Waals surface area contributed by atoms with Crippen molar-refractivity contribution in [1.29, 1.82) is 0 Å². The summed E-state index contributed by atoms with van der Waals surface area (Å²) >= 11 is 11.0. The van der Waals surface area contributed by atoms with Gasteiger partial charge in [-0.3, -0.25) is 0 Å². The number of ether oxygens (including phenoxy) is 1. The predicted octanol–water partition coefficient (Wildman–Crippen LogP) is 3.18. The number of hydrogen-bond acceptors (Lipinski definition) is 2. The number of amidine groups is 1. The second-order valence-electron chi connectivity index (χ2n) is 2.31. The second-order valence-corrected chi connectivity index (χ2v) is 2.89. The molecule has 0 spiro atoms. The van der Waals surface area contributed by atoms with E-state index in [0.29, 0.717) is 24.5 Å². The third-order valence-corrected chi connectivity index (χ3v) is 1.72. The fourth-order valence-corrected chi connectivity index (χ4v) is 1.13. The zero-order chi connectivity index (χ0) is 11.0. The maximum Gasteiger partial charge on any atom is 0.219 e. The average molecular weight is 237 g/mol. The fraction of sp³-hybridized carbons (Fsp3) is 0.556. The lowest BCUT2D eigenvalue weighted by Gasteiger charge is -2.07. The van der Waals surface area contributed by atoms with Gasteiger partial charge in [0.1, 0.15) is 11.8 Å². The van der Waals surface area contributed by atoms with Crippen molar-refractivity contribution >= 4 is 34.2 Å². The van der Waals surface area contributed by atoms with Gasteiger partial charge >= 0.3 is 0 Å². The van der Waals surface area contributed by atoms with Gasteiger partial charge in [0.15, 0.2) is 0 Å². The van der Waals surface area contributed by atoms with E-state index in [9.17, 15) is 0 Å². The SMILES string of the molecule is C=C(OCC)/C(CC)=N/C(Cl)=N\CCl. The van der Waals surface area contributed by atoms with Gasteiger partial charge in [0.05, 0.1) is 12.3 Å². The summed E-state index contributed by atoms with van der Waals surface area (Å²) in [7, 11) is 0. The molecule has 80 valence electrons. The molecule has 0 atom stereocenters. The van der Waals surface area contributed by atoms with E-state index in [4.69, 9.17) is 27.9 Å². The molecule has 5 heteroatoms. The Labute approximate surface area is 94.5 Å². The van der Waals surface area contributed by atoms with Crippen LogP contribution in [0, 0.1) is 0 Å². The molecule has 3 nitrogen and oxygen atoms in total. The van der Waals surface area contributed by atoms with Crippen LogP contribution in [0.1, 0.15) is 20.3 Å². The van der Waals surface area contributed by atoms with Gasteiger partial charge < -0.3 is 4.74 Å². The predicted molar refractivity (Wildman–Crippen MR) is 62.5 cm³/mol. The van der Waals surface area contributed by atoms with E-state index in [1.54, 1.807) is 0 Å². The van der Waals surface area contributed by atoms with E-state index >= 15 is 0 Å². The van der Waals surface area contributed by atoms with Gasteiger partial charge in [-0.15, -0.1) is 11.6 Å². The summed E-state index contributed by atoms with van der Waals surface area (Å²) in [5.41, 5.74) is 0.686. The first-order valence-electron chi connectivity index (χ1n) is 4.31. The number of allylic oxidation sites excluding steroid dienone is 1. The monoisotopic (exact) mass is 236 g/mol. The first-order valence-corrected chi connectivity index (χ1v) is 5.22. The summed E-state index contributed by atoms with van der Waals surface area (Å²) in [5, 5.41) is 0.123. The molecule has 14 heavy (non-hydrogen) atoms. The van der Waals surface area contributed by atoms with Crippen LogP contribution in [0.3, 0.4) is 0 Å². The highest BCUT2D eigenvalue weighted by atomic mass is 35.5. The standard InChI is InChI=1S/C9H14Cl2N2O/c1-4-8(7(3)14-5-2)13-9(11)12-6-10/h3-6H2,1-2H3/b12-9-,13-8+. The molecule has 0 saturated carbocycles. The van der Waals surface area contributed by atoms with E-state index in [1.165, 1.54) is 0 Å². The number of nitrogens with zero attached hydrogens (tertiary/aromatic N) is 2. The van der Waals surface area contributed by atoms with Gasteiger partial charge in [-0.1, -0.05) is 13.5 Å². The average Bonchev–Trinajstić information content (AvgIpc) is 2.15. The molecule has 0 aliphatic heterocycles. The third-order valence-electron chi connectivity index (χ3n) is 1.39. The Hall–Kier alpha value is -0.540. The van der Waals surface area contributed by atoms with Crippen molar-refractivity contribution in [2.24, 2.45) is 9.98 Å². The lowest BCUT2D eigenvalue weighted by atomic mass is 10.2. The van der Waals surface area contributed by atoms with Crippen LogP contribution in [0.2, 0.25) is 0 Å². The highest BCUT2D eigenvalue weighted by molar-refractivity contribution is 6.65. The van der Waals surface area contributed by atoms with Crippen molar-refractivity contribution in [3.63, 3.8) is 0 Å². The lowest BCUT2D eigenvalue weighted by molar-refractivity contribution is 0.250. The van der Waals surface area contributed by atoms with Gasteiger partial charge in [-0.05, 0) is 24.9 Å². The molecule has 0 bridgehead atoms. The number of alkyl halides is 1. The minimum Gasteiger partial charge on any atom is -0.493 e. The molecular weight excluding hydrogens is 223 g/mol. The fourth-order valence-electron chi connectivity index (χ4n) is 0.792. The van der Waals surface area contributed by atoms with E-state index in [1.807, 2.05) is 13.8 Å². The topological polar surface area (TPSA) is 34.0 Å². The van der Waals surface area contributed by atoms with Gasteiger partial charge in [0.2, 0.25) is 5.29 Å². The van der Waals surface area contributed by atoms with Crippen LogP contribution in [-0.2, 0) is 4.74 Å². The van der Waals surface area contributed by atoms with Gasteiger partial charge in [-0.2, -0.15) is 0 Å². The Morgan fingerprint density at radius 1 is 1.43 bits per heavy atom. The summed E-state index contributed by atoms with van der Waals surface area (Å²) in [5.74, 6) is 0.526. The molecule has 0 aromatic rings. The molecule has 0 N–H and O–H groups in total. The number of halogens is 2. The molecule has 0 aliphatic carbocycles. The maximum absolute atomic E-state index is 5.68. The van der Waals surface area contributed by atoms with Gasteiger partial charge in [-0.25, -0.2) is 9.98 Å². The molecule has 0 fully saturated rings. The van der Waals surface area contributed by atoms with E-state index in [0.717, 1.165) is 0 Å². The molecule has 0 amide bonds. The minimum atomic E-state index is 0.0977. The van der Waals surface area contributed by atoms with Crippen molar-refractivity contribution in [2.75, 3.05) is 12.6 Å². The quantitative estimate of drug-likeness (QED) is 0.238. The van der Waals surface area contributed by atoms with Crippen LogP contribution in [0.15, 0.2) is 22.3 Å². The zero-order valence-corrected chi connectivity index (χ0v) is 9.90. The number of aliphatic imine (C=N–C) groups is 2. The van der Waals surface area contributed by atoms with Gasteiger partial charge in [0, 0.05) is 0 Å². The molecule has 0 aliphatic rings.